The Bertz CT molecular complexity index is 1380. The molecule has 3 aromatic carbocycles. The molecular formula is C28H23N3O3. The lowest BCUT2D eigenvalue weighted by Crippen LogP contribution is -2.24. The van der Waals surface area contributed by atoms with Crippen molar-refractivity contribution >= 4 is 16.8 Å². The van der Waals surface area contributed by atoms with Crippen LogP contribution in [-0.4, -0.2) is 16.1 Å². The Hall–Kier alpha value is -4.21. The molecule has 6 nitrogen and oxygen atoms in total. The molecule has 1 aliphatic rings. The van der Waals surface area contributed by atoms with Crippen LogP contribution >= 0.6 is 0 Å². The molecule has 1 fully saturated rings. The number of benzene rings is 3. The summed E-state index contributed by atoms with van der Waals surface area (Å²) in [6.07, 6.45) is 0.928. The number of rotatable bonds is 7. The summed E-state index contributed by atoms with van der Waals surface area (Å²) in [5.74, 6) is -0.192. The van der Waals surface area contributed by atoms with E-state index in [0.29, 0.717) is 19.4 Å². The number of hydroxylamine groups is 1. The molecule has 6 heteroatoms. The van der Waals surface area contributed by atoms with Gasteiger partial charge in [0.15, 0.2) is 0 Å². The normalized spacial score (nSPS) is 18.8. The Labute approximate surface area is 197 Å². The minimum atomic E-state index is -0.741. The number of amides is 1. The standard InChI is InChI=1S/C28H23N3O3/c29-18-28(16-23(28)27(32)31-33)15-19-10-12-20(13-11-19)17-34-26-14-25(21-6-2-1-3-7-21)30-24-9-5-4-8-22(24)26/h1-14,23,33H,15-17H2,(H,31,32)/t23-,28-/m1/s1. The molecule has 1 amide bonds. The number of para-hydroxylation sites is 1. The minimum Gasteiger partial charge on any atom is -0.488 e. The van der Waals surface area contributed by atoms with Gasteiger partial charge in [-0.3, -0.25) is 10.0 Å². The third-order valence-electron chi connectivity index (χ3n) is 6.41. The van der Waals surface area contributed by atoms with Crippen LogP contribution in [-0.2, 0) is 17.8 Å². The van der Waals surface area contributed by atoms with Gasteiger partial charge in [0.1, 0.15) is 12.4 Å². The highest BCUT2D eigenvalue weighted by molar-refractivity contribution is 5.88. The molecule has 0 spiro atoms. The quantitative estimate of drug-likeness (QED) is 0.304. The van der Waals surface area contributed by atoms with Gasteiger partial charge < -0.3 is 4.74 Å². The van der Waals surface area contributed by atoms with Crippen LogP contribution in [0.5, 0.6) is 5.75 Å². The van der Waals surface area contributed by atoms with Crippen molar-refractivity contribution in [1.29, 1.82) is 5.26 Å². The van der Waals surface area contributed by atoms with E-state index >= 15 is 0 Å². The molecule has 1 aromatic heterocycles. The van der Waals surface area contributed by atoms with Gasteiger partial charge in [-0.05, 0) is 36.1 Å². The van der Waals surface area contributed by atoms with Gasteiger partial charge in [-0.15, -0.1) is 0 Å². The van der Waals surface area contributed by atoms with E-state index in [1.807, 2.05) is 84.9 Å². The highest BCUT2D eigenvalue weighted by Gasteiger charge is 2.58. The molecule has 0 radical (unpaired) electrons. The number of hydrogen-bond donors (Lipinski definition) is 2. The van der Waals surface area contributed by atoms with E-state index < -0.39 is 17.2 Å². The van der Waals surface area contributed by atoms with E-state index in [1.54, 1.807) is 5.48 Å². The van der Waals surface area contributed by atoms with Gasteiger partial charge >= 0.3 is 0 Å². The first-order valence-electron chi connectivity index (χ1n) is 11.1. The lowest BCUT2D eigenvalue weighted by atomic mass is 9.94. The summed E-state index contributed by atoms with van der Waals surface area (Å²) in [5, 5.41) is 19.4. The molecule has 1 saturated carbocycles. The Morgan fingerprint density at radius 3 is 2.50 bits per heavy atom. The monoisotopic (exact) mass is 449 g/mol. The number of nitrogens with one attached hydrogen (secondary N) is 1. The van der Waals surface area contributed by atoms with E-state index in [0.717, 1.165) is 39.0 Å². The van der Waals surface area contributed by atoms with Crippen molar-refractivity contribution in [2.75, 3.05) is 0 Å². The highest BCUT2D eigenvalue weighted by Crippen LogP contribution is 2.54. The van der Waals surface area contributed by atoms with Gasteiger partial charge in [0, 0.05) is 17.0 Å². The van der Waals surface area contributed by atoms with Crippen molar-refractivity contribution in [1.82, 2.24) is 10.5 Å². The lowest BCUT2D eigenvalue weighted by Gasteiger charge is -2.13. The number of nitrogens with zero attached hydrogens (tertiary/aromatic N) is 2. The van der Waals surface area contributed by atoms with Crippen LogP contribution in [0, 0.1) is 22.7 Å². The maximum atomic E-state index is 11.7. The molecule has 5 rings (SSSR count). The summed E-state index contributed by atoms with van der Waals surface area (Å²) in [5.41, 5.74) is 5.65. The molecule has 4 aromatic rings. The van der Waals surface area contributed by atoms with Gasteiger partial charge in [-0.25, -0.2) is 10.5 Å². The van der Waals surface area contributed by atoms with Gasteiger partial charge in [0.25, 0.3) is 0 Å². The molecule has 168 valence electrons. The Balaban J connectivity index is 1.32. The second-order valence-corrected chi connectivity index (χ2v) is 8.67. The first-order valence-corrected chi connectivity index (χ1v) is 11.1. The number of ether oxygens (including phenoxy) is 1. The van der Waals surface area contributed by atoms with Crippen molar-refractivity contribution < 1.29 is 14.7 Å². The Morgan fingerprint density at radius 1 is 1.06 bits per heavy atom. The fraction of sp³-hybridized carbons (Fsp3) is 0.179. The van der Waals surface area contributed by atoms with Crippen molar-refractivity contribution in [3.05, 3.63) is 96.1 Å². The van der Waals surface area contributed by atoms with Gasteiger partial charge in [0.2, 0.25) is 5.91 Å². The third kappa shape index (κ3) is 4.21. The van der Waals surface area contributed by atoms with Crippen LogP contribution in [0.3, 0.4) is 0 Å². The molecule has 2 N–H and O–H groups in total. The number of hydrogen-bond acceptors (Lipinski definition) is 5. The lowest BCUT2D eigenvalue weighted by molar-refractivity contribution is -0.131. The molecule has 0 saturated heterocycles. The predicted molar refractivity (Wildman–Crippen MR) is 128 cm³/mol. The maximum Gasteiger partial charge on any atom is 0.248 e. The number of carbonyl (C=O) groups excluding carboxylic acids is 1. The number of nitriles is 1. The Kier molecular flexibility index (Phi) is 5.70. The highest BCUT2D eigenvalue weighted by atomic mass is 16.5. The van der Waals surface area contributed by atoms with E-state index in [1.165, 1.54) is 0 Å². The summed E-state index contributed by atoms with van der Waals surface area (Å²) < 4.78 is 6.23. The van der Waals surface area contributed by atoms with Crippen molar-refractivity contribution in [2.45, 2.75) is 19.4 Å². The second-order valence-electron chi connectivity index (χ2n) is 8.67. The molecule has 0 aliphatic heterocycles. The van der Waals surface area contributed by atoms with Crippen LogP contribution in [0.2, 0.25) is 0 Å². The van der Waals surface area contributed by atoms with E-state index in [2.05, 4.69) is 6.07 Å². The molecule has 1 aliphatic carbocycles. The SMILES string of the molecule is N#C[C@@]1(Cc2ccc(COc3cc(-c4ccccc4)nc4ccccc34)cc2)C[C@@H]1C(=O)NO. The first kappa shape index (κ1) is 21.6. The van der Waals surface area contributed by atoms with Crippen LogP contribution < -0.4 is 10.2 Å². The molecule has 1 heterocycles. The van der Waals surface area contributed by atoms with Crippen LogP contribution in [0.1, 0.15) is 17.5 Å². The van der Waals surface area contributed by atoms with Gasteiger partial charge in [0.05, 0.1) is 28.6 Å². The average Bonchev–Trinajstić information content (AvgIpc) is 3.62. The van der Waals surface area contributed by atoms with E-state index in [9.17, 15) is 10.1 Å². The molecule has 34 heavy (non-hydrogen) atoms. The van der Waals surface area contributed by atoms with Crippen molar-refractivity contribution in [2.24, 2.45) is 11.3 Å². The topological polar surface area (TPSA) is 95.2 Å². The zero-order chi connectivity index (χ0) is 23.5. The second kappa shape index (κ2) is 8.97. The first-order chi connectivity index (χ1) is 16.6. The van der Waals surface area contributed by atoms with Crippen LogP contribution in [0.15, 0.2) is 84.9 Å². The molecule has 2 atom stereocenters. The number of fused-ring (bicyclic) bond motifs is 1. The molecule has 0 bridgehead atoms. The zero-order valence-corrected chi connectivity index (χ0v) is 18.4. The molecular weight excluding hydrogens is 426 g/mol. The summed E-state index contributed by atoms with van der Waals surface area (Å²) in [6.45, 7) is 0.390. The molecule has 0 unspecified atom stereocenters. The predicted octanol–water partition coefficient (Wildman–Crippen LogP) is 5.06. The average molecular weight is 450 g/mol. The largest absolute Gasteiger partial charge is 0.488 e. The number of pyridine rings is 1. The van der Waals surface area contributed by atoms with Crippen molar-refractivity contribution in [3.63, 3.8) is 0 Å². The van der Waals surface area contributed by atoms with E-state index in [-0.39, 0.29) is 0 Å². The van der Waals surface area contributed by atoms with Crippen LogP contribution in [0.4, 0.5) is 0 Å². The minimum absolute atomic E-state index is 0.390. The van der Waals surface area contributed by atoms with Crippen molar-refractivity contribution in [3.8, 4) is 23.1 Å². The number of carbonyl (C=O) groups is 1. The maximum absolute atomic E-state index is 11.7. The summed E-state index contributed by atoms with van der Waals surface area (Å²) in [6, 6.07) is 30.1. The fourth-order valence-corrected chi connectivity index (χ4v) is 4.38. The summed E-state index contributed by atoms with van der Waals surface area (Å²) in [4.78, 5) is 16.5. The van der Waals surface area contributed by atoms with Crippen LogP contribution in [0.25, 0.3) is 22.2 Å². The smallest absolute Gasteiger partial charge is 0.248 e. The summed E-state index contributed by atoms with van der Waals surface area (Å²) in [7, 11) is 0. The third-order valence-corrected chi connectivity index (χ3v) is 6.41. The number of aromatic nitrogens is 1. The summed E-state index contributed by atoms with van der Waals surface area (Å²) >= 11 is 0. The zero-order valence-electron chi connectivity index (χ0n) is 18.4. The van der Waals surface area contributed by atoms with Gasteiger partial charge in [-0.2, -0.15) is 5.26 Å². The Morgan fingerprint density at radius 2 is 1.76 bits per heavy atom. The van der Waals surface area contributed by atoms with E-state index in [4.69, 9.17) is 14.9 Å². The fourth-order valence-electron chi connectivity index (χ4n) is 4.38. The van der Waals surface area contributed by atoms with Gasteiger partial charge in [-0.1, -0.05) is 66.7 Å².